The number of benzene rings is 2. The summed E-state index contributed by atoms with van der Waals surface area (Å²) in [6.45, 7) is 6.46. The highest BCUT2D eigenvalue weighted by Gasteiger charge is 2.07. The molecule has 0 radical (unpaired) electrons. The van der Waals surface area contributed by atoms with Gasteiger partial charge >= 0.3 is 0 Å². The van der Waals surface area contributed by atoms with E-state index in [1.165, 1.54) is 0 Å². The zero-order chi connectivity index (χ0) is 19.1. The van der Waals surface area contributed by atoms with Crippen LogP contribution in [0.4, 0.5) is 5.69 Å². The normalized spacial score (nSPS) is 11.0. The molecule has 0 unspecified atom stereocenters. The van der Waals surface area contributed by atoms with Crippen LogP contribution in [-0.2, 0) is 6.54 Å². The van der Waals surface area contributed by atoms with Crippen molar-refractivity contribution >= 4 is 35.6 Å². The molecule has 2 rings (SSSR count). The molecule has 6 nitrogen and oxygen atoms in total. The third-order valence-electron chi connectivity index (χ3n) is 3.66. The van der Waals surface area contributed by atoms with E-state index in [1.54, 1.807) is 20.3 Å². The molecule has 27 heavy (non-hydrogen) atoms. The van der Waals surface area contributed by atoms with Crippen molar-refractivity contribution in [2.45, 2.75) is 33.4 Å². The van der Waals surface area contributed by atoms with Gasteiger partial charge in [-0.15, -0.1) is 24.0 Å². The molecule has 0 aliphatic carbocycles. The molecule has 0 fully saturated rings. The Labute approximate surface area is 178 Å². The number of rotatable bonds is 7. The summed E-state index contributed by atoms with van der Waals surface area (Å²) in [4.78, 5) is 4.42. The van der Waals surface area contributed by atoms with Gasteiger partial charge in [-0.1, -0.05) is 12.1 Å². The molecule has 0 spiro atoms. The van der Waals surface area contributed by atoms with Crippen molar-refractivity contribution in [3.63, 3.8) is 0 Å². The van der Waals surface area contributed by atoms with Crippen LogP contribution in [0.2, 0.25) is 0 Å². The number of methoxy groups -OCH3 is 2. The highest BCUT2D eigenvalue weighted by atomic mass is 127. The van der Waals surface area contributed by atoms with Crippen LogP contribution in [0.25, 0.3) is 0 Å². The van der Waals surface area contributed by atoms with Crippen LogP contribution in [0.5, 0.6) is 17.2 Å². The van der Waals surface area contributed by atoms with Crippen LogP contribution in [0.3, 0.4) is 0 Å². The summed E-state index contributed by atoms with van der Waals surface area (Å²) >= 11 is 0. The first-order valence-electron chi connectivity index (χ1n) is 8.48. The number of hydrogen-bond acceptors (Lipinski definition) is 4. The van der Waals surface area contributed by atoms with Gasteiger partial charge in [-0.05, 0) is 44.5 Å². The lowest BCUT2D eigenvalue weighted by atomic mass is 10.1. The summed E-state index contributed by atoms with van der Waals surface area (Å²) in [5.41, 5.74) is 8.92. The van der Waals surface area contributed by atoms with Gasteiger partial charge in [-0.2, -0.15) is 0 Å². The molecule has 0 atom stereocenters. The molecule has 0 aliphatic heterocycles. The first-order chi connectivity index (χ1) is 12.4. The van der Waals surface area contributed by atoms with Gasteiger partial charge in [0.1, 0.15) is 5.75 Å². The molecule has 0 aliphatic rings. The molecule has 3 N–H and O–H groups in total. The molecule has 0 heterocycles. The molecule has 0 bridgehead atoms. The number of aliphatic imine (C=N–C) groups is 1. The van der Waals surface area contributed by atoms with Gasteiger partial charge in [-0.3, -0.25) is 0 Å². The Kier molecular flexibility index (Phi) is 9.20. The largest absolute Gasteiger partial charge is 0.493 e. The van der Waals surface area contributed by atoms with Crippen LogP contribution in [-0.4, -0.2) is 26.3 Å². The minimum absolute atomic E-state index is 0. The molecular weight excluding hydrogens is 457 g/mol. The Morgan fingerprint density at radius 3 is 2.37 bits per heavy atom. The summed E-state index contributed by atoms with van der Waals surface area (Å²) in [5.74, 6) is 2.43. The fraction of sp³-hybridized carbons (Fsp3) is 0.350. The summed E-state index contributed by atoms with van der Waals surface area (Å²) in [6.07, 6.45) is 0.0989. The summed E-state index contributed by atoms with van der Waals surface area (Å²) < 4.78 is 16.4. The Morgan fingerprint density at radius 2 is 1.74 bits per heavy atom. The maximum absolute atomic E-state index is 6.02. The van der Waals surface area contributed by atoms with E-state index < -0.39 is 0 Å². The van der Waals surface area contributed by atoms with Crippen molar-refractivity contribution in [2.75, 3.05) is 19.5 Å². The second-order valence-electron chi connectivity index (χ2n) is 6.17. The predicted molar refractivity (Wildman–Crippen MR) is 121 cm³/mol. The van der Waals surface area contributed by atoms with Crippen molar-refractivity contribution < 1.29 is 14.2 Å². The average molecular weight is 485 g/mol. The van der Waals surface area contributed by atoms with E-state index >= 15 is 0 Å². The van der Waals surface area contributed by atoms with E-state index in [1.807, 2.05) is 51.1 Å². The van der Waals surface area contributed by atoms with Gasteiger partial charge in [0, 0.05) is 17.3 Å². The van der Waals surface area contributed by atoms with Gasteiger partial charge in [0.2, 0.25) is 0 Å². The topological polar surface area (TPSA) is 78.1 Å². The fourth-order valence-corrected chi connectivity index (χ4v) is 2.43. The van der Waals surface area contributed by atoms with Gasteiger partial charge in [0.15, 0.2) is 17.5 Å². The van der Waals surface area contributed by atoms with Crippen molar-refractivity contribution in [1.29, 1.82) is 0 Å². The first kappa shape index (κ1) is 22.9. The van der Waals surface area contributed by atoms with E-state index in [4.69, 9.17) is 19.9 Å². The van der Waals surface area contributed by atoms with E-state index in [0.29, 0.717) is 24.0 Å². The lowest BCUT2D eigenvalue weighted by molar-refractivity contribution is 0.240. The molecule has 0 amide bonds. The number of halogens is 1. The maximum atomic E-state index is 6.02. The second-order valence-corrected chi connectivity index (χ2v) is 6.17. The fourth-order valence-electron chi connectivity index (χ4n) is 2.43. The highest BCUT2D eigenvalue weighted by Crippen LogP contribution is 2.29. The number of nitrogens with zero attached hydrogens (tertiary/aromatic N) is 1. The predicted octanol–water partition coefficient (Wildman–Crippen LogP) is 4.34. The number of aryl methyl sites for hydroxylation is 1. The van der Waals surface area contributed by atoms with Crippen molar-refractivity contribution in [3.05, 3.63) is 47.5 Å². The Morgan fingerprint density at radius 1 is 1.04 bits per heavy atom. The van der Waals surface area contributed by atoms with Crippen molar-refractivity contribution in [1.82, 2.24) is 0 Å². The number of ether oxygens (including phenoxy) is 3. The Bertz CT molecular complexity index is 779. The lowest BCUT2D eigenvalue weighted by Gasteiger charge is -2.14. The third-order valence-corrected chi connectivity index (χ3v) is 3.66. The van der Waals surface area contributed by atoms with Crippen molar-refractivity contribution in [2.24, 2.45) is 10.7 Å². The molecule has 0 saturated carbocycles. The molecule has 0 saturated heterocycles. The summed E-state index contributed by atoms with van der Waals surface area (Å²) in [7, 11) is 3.19. The molecule has 7 heteroatoms. The standard InChI is InChI=1S/C20H27N3O3.HI/c1-13(2)26-18-10-14(3)6-7-15(18)12-22-20(21)23-16-8-9-17(24-4)19(11-16)25-5;/h6-11,13H,12H2,1-5H3,(H3,21,22,23);1H. The average Bonchev–Trinajstić information content (AvgIpc) is 2.60. The van der Waals surface area contributed by atoms with E-state index in [-0.39, 0.29) is 30.1 Å². The van der Waals surface area contributed by atoms with Gasteiger partial charge in [0.25, 0.3) is 0 Å². The molecule has 2 aromatic rings. The van der Waals surface area contributed by atoms with Crippen LogP contribution < -0.4 is 25.3 Å². The van der Waals surface area contributed by atoms with Gasteiger partial charge in [-0.25, -0.2) is 4.99 Å². The SMILES string of the molecule is COc1ccc(NC(N)=NCc2ccc(C)cc2OC(C)C)cc1OC.I. The number of guanidine groups is 1. The molecule has 2 aromatic carbocycles. The van der Waals surface area contributed by atoms with E-state index in [0.717, 1.165) is 22.6 Å². The van der Waals surface area contributed by atoms with Crippen LogP contribution >= 0.6 is 24.0 Å². The smallest absolute Gasteiger partial charge is 0.193 e. The van der Waals surface area contributed by atoms with E-state index in [2.05, 4.69) is 10.3 Å². The van der Waals surface area contributed by atoms with Crippen molar-refractivity contribution in [3.8, 4) is 17.2 Å². The zero-order valence-corrected chi connectivity index (χ0v) is 18.7. The maximum Gasteiger partial charge on any atom is 0.193 e. The zero-order valence-electron chi connectivity index (χ0n) is 16.4. The van der Waals surface area contributed by atoms with Crippen LogP contribution in [0, 0.1) is 6.92 Å². The Hall–Kier alpha value is -2.16. The number of hydrogen-bond donors (Lipinski definition) is 2. The molecule has 0 aromatic heterocycles. The van der Waals surface area contributed by atoms with Crippen LogP contribution in [0.15, 0.2) is 41.4 Å². The third kappa shape index (κ3) is 6.82. The number of anilines is 1. The Balaban J connectivity index is 0.00000364. The quantitative estimate of drug-likeness (QED) is 0.347. The molecule has 148 valence electrons. The monoisotopic (exact) mass is 485 g/mol. The minimum atomic E-state index is 0. The first-order valence-corrected chi connectivity index (χ1v) is 8.48. The summed E-state index contributed by atoms with van der Waals surface area (Å²) in [6, 6.07) is 11.5. The van der Waals surface area contributed by atoms with E-state index in [9.17, 15) is 0 Å². The lowest BCUT2D eigenvalue weighted by Crippen LogP contribution is -2.22. The van der Waals surface area contributed by atoms with Gasteiger partial charge in [0.05, 0.1) is 26.9 Å². The number of nitrogens with two attached hydrogens (primary N) is 1. The molecular formula is C20H28IN3O3. The number of nitrogens with one attached hydrogen (secondary N) is 1. The van der Waals surface area contributed by atoms with Gasteiger partial charge < -0.3 is 25.3 Å². The summed E-state index contributed by atoms with van der Waals surface area (Å²) in [5, 5.41) is 3.06. The minimum Gasteiger partial charge on any atom is -0.493 e. The highest BCUT2D eigenvalue weighted by molar-refractivity contribution is 14.0. The second kappa shape index (κ2) is 10.9. The van der Waals surface area contributed by atoms with Crippen LogP contribution in [0.1, 0.15) is 25.0 Å².